The third-order valence-electron chi connectivity index (χ3n) is 2.00. The number of nitrogens with one attached hydrogen (secondary N) is 1. The molecule has 17 heavy (non-hydrogen) atoms. The smallest absolute Gasteiger partial charge is 0.252 e. The molecule has 0 aliphatic carbocycles. The average molecular weight is 274 g/mol. The number of nitrogens with zero attached hydrogens (tertiary/aromatic N) is 1. The Hall–Kier alpha value is -0.310. The van der Waals surface area contributed by atoms with Crippen molar-refractivity contribution in [2.45, 2.75) is 26.3 Å². The molecule has 0 saturated carbocycles. The van der Waals surface area contributed by atoms with Crippen molar-refractivity contribution in [1.29, 1.82) is 0 Å². The Morgan fingerprint density at radius 3 is 2.35 bits per heavy atom. The normalized spacial score (nSPS) is 12.9. The molecule has 0 unspecified atom stereocenters. The number of aliphatic hydroxyl groups is 1. The van der Waals surface area contributed by atoms with Gasteiger partial charge in [0.05, 0.1) is 18.9 Å². The van der Waals surface area contributed by atoms with E-state index in [1.807, 2.05) is 13.8 Å². The molecule has 2 N–H and O–H groups in total. The van der Waals surface area contributed by atoms with Gasteiger partial charge < -0.3 is 10.4 Å². The maximum Gasteiger partial charge on any atom is 0.252 e. The molecule has 0 bridgehead atoms. The van der Waals surface area contributed by atoms with Crippen LogP contribution in [0.1, 0.15) is 13.8 Å². The van der Waals surface area contributed by atoms with Crippen molar-refractivity contribution in [3.63, 3.8) is 0 Å². The first-order chi connectivity index (χ1) is 7.79. The Balaban J connectivity index is 4.38. The van der Waals surface area contributed by atoms with E-state index in [2.05, 4.69) is 5.32 Å². The molecule has 0 aliphatic rings. The summed E-state index contributed by atoms with van der Waals surface area (Å²) >= 11 is 0. The number of aliphatic hydroxyl groups excluding tert-OH is 1. The standard InChI is InChI=1S/C9H20F2N2O3S/c1-8(2)12-3-6-17(15,16)13(4-5-14)7-9(10)11/h8-9,12,14H,3-7H2,1-2H3. The highest BCUT2D eigenvalue weighted by Crippen LogP contribution is 2.05. The first-order valence-corrected chi connectivity index (χ1v) is 7.00. The predicted octanol–water partition coefficient (Wildman–Crippen LogP) is -0.126. The first kappa shape index (κ1) is 16.7. The molecule has 0 saturated heterocycles. The summed E-state index contributed by atoms with van der Waals surface area (Å²) in [4.78, 5) is 0. The summed E-state index contributed by atoms with van der Waals surface area (Å²) in [5, 5.41) is 11.6. The van der Waals surface area contributed by atoms with Gasteiger partial charge in [-0.1, -0.05) is 13.8 Å². The Morgan fingerprint density at radius 1 is 1.35 bits per heavy atom. The maximum atomic E-state index is 12.2. The van der Waals surface area contributed by atoms with Crippen LogP contribution in [0.15, 0.2) is 0 Å². The molecule has 5 nitrogen and oxygen atoms in total. The molecule has 0 radical (unpaired) electrons. The summed E-state index contributed by atoms with van der Waals surface area (Å²) in [6.45, 7) is 2.28. The van der Waals surface area contributed by atoms with E-state index in [0.29, 0.717) is 4.31 Å². The van der Waals surface area contributed by atoms with Crippen molar-refractivity contribution in [1.82, 2.24) is 9.62 Å². The van der Waals surface area contributed by atoms with Crippen molar-refractivity contribution in [2.24, 2.45) is 0 Å². The van der Waals surface area contributed by atoms with Gasteiger partial charge in [0.15, 0.2) is 0 Å². The van der Waals surface area contributed by atoms with Crippen molar-refractivity contribution in [2.75, 3.05) is 32.0 Å². The number of hydrogen-bond acceptors (Lipinski definition) is 4. The number of hydrogen-bond donors (Lipinski definition) is 2. The van der Waals surface area contributed by atoms with Gasteiger partial charge in [0.1, 0.15) is 0 Å². The summed E-state index contributed by atoms with van der Waals surface area (Å²) in [7, 11) is -3.74. The minimum atomic E-state index is -3.74. The van der Waals surface area contributed by atoms with Crippen molar-refractivity contribution >= 4 is 10.0 Å². The fourth-order valence-electron chi connectivity index (χ4n) is 1.22. The highest BCUT2D eigenvalue weighted by atomic mass is 32.2. The Bertz CT molecular complexity index is 297. The van der Waals surface area contributed by atoms with Crippen LogP contribution < -0.4 is 5.32 Å². The molecule has 0 heterocycles. The second kappa shape index (κ2) is 7.91. The summed E-state index contributed by atoms with van der Waals surface area (Å²) in [6, 6.07) is 0.131. The molecule has 0 rings (SSSR count). The first-order valence-electron chi connectivity index (χ1n) is 5.39. The lowest BCUT2D eigenvalue weighted by Gasteiger charge is -2.21. The lowest BCUT2D eigenvalue weighted by molar-refractivity contribution is 0.113. The zero-order valence-corrected chi connectivity index (χ0v) is 10.9. The molecular weight excluding hydrogens is 254 g/mol. The molecule has 0 fully saturated rings. The topological polar surface area (TPSA) is 69.6 Å². The van der Waals surface area contributed by atoms with Crippen LogP contribution in [-0.2, 0) is 10.0 Å². The van der Waals surface area contributed by atoms with Gasteiger partial charge in [0.2, 0.25) is 10.0 Å². The largest absolute Gasteiger partial charge is 0.395 e. The summed E-state index contributed by atoms with van der Waals surface area (Å²) in [6.07, 6.45) is -2.74. The van der Waals surface area contributed by atoms with E-state index in [9.17, 15) is 17.2 Å². The number of halogens is 2. The third-order valence-corrected chi connectivity index (χ3v) is 3.84. The van der Waals surface area contributed by atoms with E-state index in [-0.39, 0.29) is 24.9 Å². The fourth-order valence-corrected chi connectivity index (χ4v) is 2.55. The molecule has 0 amide bonds. The molecule has 8 heteroatoms. The SMILES string of the molecule is CC(C)NCCS(=O)(=O)N(CCO)CC(F)F. The van der Waals surface area contributed by atoms with Gasteiger partial charge in [0.25, 0.3) is 6.43 Å². The fraction of sp³-hybridized carbons (Fsp3) is 1.00. The van der Waals surface area contributed by atoms with Gasteiger partial charge in [-0.2, -0.15) is 4.31 Å². The van der Waals surface area contributed by atoms with Gasteiger partial charge in [-0.15, -0.1) is 0 Å². The van der Waals surface area contributed by atoms with Crippen LogP contribution in [0, 0.1) is 0 Å². The van der Waals surface area contributed by atoms with Gasteiger partial charge in [-0.25, -0.2) is 17.2 Å². The zero-order chi connectivity index (χ0) is 13.5. The van der Waals surface area contributed by atoms with E-state index in [4.69, 9.17) is 5.11 Å². The molecule has 0 aromatic heterocycles. The lowest BCUT2D eigenvalue weighted by Crippen LogP contribution is -2.41. The Labute approximate surface area is 101 Å². The van der Waals surface area contributed by atoms with E-state index in [1.54, 1.807) is 0 Å². The van der Waals surface area contributed by atoms with Crippen LogP contribution in [0.5, 0.6) is 0 Å². The number of alkyl halides is 2. The zero-order valence-electron chi connectivity index (χ0n) is 10.1. The van der Waals surface area contributed by atoms with E-state index in [1.165, 1.54) is 0 Å². The van der Waals surface area contributed by atoms with E-state index in [0.717, 1.165) is 0 Å². The summed E-state index contributed by atoms with van der Waals surface area (Å²) in [5.41, 5.74) is 0. The van der Waals surface area contributed by atoms with Crippen LogP contribution >= 0.6 is 0 Å². The molecular formula is C9H20F2N2O3S. The number of sulfonamides is 1. The molecule has 0 spiro atoms. The van der Waals surface area contributed by atoms with E-state index < -0.39 is 29.6 Å². The average Bonchev–Trinajstić information content (AvgIpc) is 2.15. The Morgan fingerprint density at radius 2 is 1.94 bits per heavy atom. The van der Waals surface area contributed by atoms with Crippen molar-refractivity contribution < 1.29 is 22.3 Å². The summed E-state index contributed by atoms with van der Waals surface area (Å²) < 4.78 is 48.4. The van der Waals surface area contributed by atoms with Crippen molar-refractivity contribution in [3.8, 4) is 0 Å². The van der Waals surface area contributed by atoms with Crippen LogP contribution in [0.4, 0.5) is 8.78 Å². The molecule has 104 valence electrons. The minimum absolute atomic E-state index is 0.131. The molecule has 0 aromatic rings. The third kappa shape index (κ3) is 7.58. The molecule has 0 aromatic carbocycles. The number of rotatable bonds is 9. The molecule has 0 aliphatic heterocycles. The quantitative estimate of drug-likeness (QED) is 0.615. The van der Waals surface area contributed by atoms with Gasteiger partial charge in [0, 0.05) is 19.1 Å². The second-order valence-electron chi connectivity index (χ2n) is 3.90. The van der Waals surface area contributed by atoms with Crippen molar-refractivity contribution in [3.05, 3.63) is 0 Å². The van der Waals surface area contributed by atoms with Gasteiger partial charge in [-0.05, 0) is 0 Å². The van der Waals surface area contributed by atoms with E-state index >= 15 is 0 Å². The van der Waals surface area contributed by atoms with Crippen LogP contribution in [0.3, 0.4) is 0 Å². The second-order valence-corrected chi connectivity index (χ2v) is 5.99. The molecule has 0 atom stereocenters. The van der Waals surface area contributed by atoms with Crippen LogP contribution in [0.25, 0.3) is 0 Å². The maximum absolute atomic E-state index is 12.2. The minimum Gasteiger partial charge on any atom is -0.395 e. The Kier molecular flexibility index (Phi) is 7.77. The lowest BCUT2D eigenvalue weighted by atomic mass is 10.4. The van der Waals surface area contributed by atoms with Crippen LogP contribution in [0.2, 0.25) is 0 Å². The van der Waals surface area contributed by atoms with Gasteiger partial charge >= 0.3 is 0 Å². The van der Waals surface area contributed by atoms with Crippen LogP contribution in [-0.4, -0.2) is 62.3 Å². The highest BCUT2D eigenvalue weighted by Gasteiger charge is 2.24. The monoisotopic (exact) mass is 274 g/mol. The summed E-state index contributed by atoms with van der Waals surface area (Å²) in [5.74, 6) is -0.252. The predicted molar refractivity (Wildman–Crippen MR) is 61.6 cm³/mol. The van der Waals surface area contributed by atoms with Gasteiger partial charge in [-0.3, -0.25) is 0 Å². The highest BCUT2D eigenvalue weighted by molar-refractivity contribution is 7.89.